The number of nitrogens with one attached hydrogen (secondary N) is 1. The topological polar surface area (TPSA) is 25.2 Å². The first kappa shape index (κ1) is 12.7. The van der Waals surface area contributed by atoms with Crippen molar-refractivity contribution in [2.45, 2.75) is 39.3 Å². The molecule has 1 unspecified atom stereocenters. The number of aryl methyl sites for hydroxylation is 1. The molecule has 0 radical (unpaired) electrons. The Morgan fingerprint density at radius 2 is 2.07 bits per heavy atom. The maximum absolute atomic E-state index is 5.64. The van der Waals surface area contributed by atoms with E-state index in [1.54, 1.807) is 0 Å². The lowest BCUT2D eigenvalue weighted by Crippen LogP contribution is -2.29. The summed E-state index contributed by atoms with van der Waals surface area (Å²) in [6.07, 6.45) is 4.29. The van der Waals surface area contributed by atoms with Crippen LogP contribution >= 0.6 is 11.8 Å². The van der Waals surface area contributed by atoms with E-state index in [2.05, 4.69) is 37.6 Å². The van der Waals surface area contributed by atoms with Crippen LogP contribution in [-0.4, -0.2) is 18.1 Å². The fourth-order valence-electron chi connectivity index (χ4n) is 1.47. The van der Waals surface area contributed by atoms with E-state index in [9.17, 15) is 0 Å². The Morgan fingerprint density at radius 1 is 1.33 bits per heavy atom. The van der Waals surface area contributed by atoms with Gasteiger partial charge in [-0.3, -0.25) is 0 Å². The normalized spacial score (nSPS) is 13.0. The van der Waals surface area contributed by atoms with Gasteiger partial charge in [0.25, 0.3) is 0 Å². The number of hydrogen-bond donors (Lipinski definition) is 1. The third-order valence-electron chi connectivity index (χ3n) is 2.49. The van der Waals surface area contributed by atoms with Crippen molar-refractivity contribution in [3.63, 3.8) is 0 Å². The Labute approximate surface area is 96.8 Å². The second-order valence-corrected chi connectivity index (χ2v) is 4.57. The smallest absolute Gasteiger partial charge is 0.117 e. The maximum Gasteiger partial charge on any atom is 0.117 e. The van der Waals surface area contributed by atoms with Crippen molar-refractivity contribution in [1.82, 2.24) is 5.32 Å². The lowest BCUT2D eigenvalue weighted by Gasteiger charge is -2.14. The molecule has 1 rings (SSSR count). The first-order valence-corrected chi connectivity index (χ1v) is 6.99. The van der Waals surface area contributed by atoms with Gasteiger partial charge < -0.3 is 9.73 Å². The fourth-order valence-corrected chi connectivity index (χ4v) is 2.23. The van der Waals surface area contributed by atoms with Crippen molar-refractivity contribution in [1.29, 1.82) is 0 Å². The molecule has 0 bridgehead atoms. The van der Waals surface area contributed by atoms with Gasteiger partial charge in [0.05, 0.1) is 6.54 Å². The molecular weight excluding hydrogens is 206 g/mol. The van der Waals surface area contributed by atoms with Gasteiger partial charge in [-0.2, -0.15) is 11.8 Å². The van der Waals surface area contributed by atoms with Crippen LogP contribution in [0, 0.1) is 0 Å². The van der Waals surface area contributed by atoms with E-state index < -0.39 is 0 Å². The van der Waals surface area contributed by atoms with E-state index in [0.29, 0.717) is 6.04 Å². The van der Waals surface area contributed by atoms with Gasteiger partial charge in [0, 0.05) is 18.2 Å². The first-order chi connectivity index (χ1) is 7.30. The van der Waals surface area contributed by atoms with Crippen molar-refractivity contribution in [3.05, 3.63) is 23.7 Å². The highest BCUT2D eigenvalue weighted by atomic mass is 32.2. The minimum Gasteiger partial charge on any atom is -0.465 e. The van der Waals surface area contributed by atoms with Crippen LogP contribution in [0.25, 0.3) is 0 Å². The zero-order valence-electron chi connectivity index (χ0n) is 9.88. The van der Waals surface area contributed by atoms with Gasteiger partial charge in [-0.25, -0.2) is 0 Å². The molecule has 1 heterocycles. The minimum absolute atomic E-state index is 0.593. The van der Waals surface area contributed by atoms with Gasteiger partial charge >= 0.3 is 0 Å². The third-order valence-corrected chi connectivity index (χ3v) is 3.23. The number of hydrogen-bond acceptors (Lipinski definition) is 3. The summed E-state index contributed by atoms with van der Waals surface area (Å²) in [5.41, 5.74) is 0. The van der Waals surface area contributed by atoms with Crippen molar-refractivity contribution in [2.24, 2.45) is 0 Å². The average Bonchev–Trinajstić information content (AvgIpc) is 2.72. The van der Waals surface area contributed by atoms with E-state index in [-0.39, 0.29) is 0 Å². The van der Waals surface area contributed by atoms with Gasteiger partial charge in [0.1, 0.15) is 11.5 Å². The number of thioether (sulfide) groups is 1. The minimum atomic E-state index is 0.593. The summed E-state index contributed by atoms with van der Waals surface area (Å²) < 4.78 is 5.64. The molecule has 0 amide bonds. The van der Waals surface area contributed by atoms with E-state index >= 15 is 0 Å². The molecule has 0 saturated heterocycles. The van der Waals surface area contributed by atoms with E-state index in [1.807, 2.05) is 11.8 Å². The number of rotatable bonds is 7. The van der Waals surface area contributed by atoms with Crippen LogP contribution in [0.2, 0.25) is 0 Å². The van der Waals surface area contributed by atoms with Crippen molar-refractivity contribution in [2.75, 3.05) is 12.0 Å². The molecule has 2 nitrogen and oxygen atoms in total. The van der Waals surface area contributed by atoms with E-state index in [4.69, 9.17) is 4.42 Å². The highest BCUT2D eigenvalue weighted by molar-refractivity contribution is 7.98. The van der Waals surface area contributed by atoms with E-state index in [1.165, 1.54) is 6.42 Å². The van der Waals surface area contributed by atoms with Crippen LogP contribution in [0.4, 0.5) is 0 Å². The SMILES string of the molecule is CCc1ccc(CNC(CC)CSC)o1. The molecule has 0 spiro atoms. The highest BCUT2D eigenvalue weighted by Crippen LogP contribution is 2.09. The summed E-state index contributed by atoms with van der Waals surface area (Å²) in [6, 6.07) is 4.72. The van der Waals surface area contributed by atoms with Crippen LogP contribution < -0.4 is 5.32 Å². The molecule has 0 fully saturated rings. The summed E-state index contributed by atoms with van der Waals surface area (Å²) in [4.78, 5) is 0. The summed E-state index contributed by atoms with van der Waals surface area (Å²) in [5, 5.41) is 3.51. The van der Waals surface area contributed by atoms with Crippen LogP contribution in [-0.2, 0) is 13.0 Å². The summed E-state index contributed by atoms with van der Waals surface area (Å²) >= 11 is 1.89. The second-order valence-electron chi connectivity index (χ2n) is 3.66. The molecule has 1 atom stereocenters. The Kier molecular flexibility index (Phi) is 5.88. The molecule has 0 aliphatic heterocycles. The average molecular weight is 227 g/mol. The summed E-state index contributed by atoms with van der Waals surface area (Å²) in [7, 11) is 0. The quantitative estimate of drug-likeness (QED) is 0.775. The second kappa shape index (κ2) is 6.96. The van der Waals surface area contributed by atoms with Crippen LogP contribution in [0.3, 0.4) is 0 Å². The summed E-state index contributed by atoms with van der Waals surface area (Å²) in [5.74, 6) is 3.29. The highest BCUT2D eigenvalue weighted by Gasteiger charge is 2.06. The molecule has 86 valence electrons. The third kappa shape index (κ3) is 4.31. The van der Waals surface area contributed by atoms with Gasteiger partial charge in [-0.15, -0.1) is 0 Å². The van der Waals surface area contributed by atoms with Gasteiger partial charge in [0.15, 0.2) is 0 Å². The predicted molar refractivity (Wildman–Crippen MR) is 67.4 cm³/mol. The van der Waals surface area contributed by atoms with Crippen LogP contribution in [0.5, 0.6) is 0 Å². The Balaban J connectivity index is 2.34. The monoisotopic (exact) mass is 227 g/mol. The molecule has 3 heteroatoms. The molecule has 1 aromatic rings. The molecule has 15 heavy (non-hydrogen) atoms. The first-order valence-electron chi connectivity index (χ1n) is 5.60. The van der Waals surface area contributed by atoms with Crippen LogP contribution in [0.1, 0.15) is 31.8 Å². The van der Waals surface area contributed by atoms with Gasteiger partial charge in [0.2, 0.25) is 0 Å². The molecular formula is C12H21NOS. The Hall–Kier alpha value is -0.410. The van der Waals surface area contributed by atoms with Gasteiger partial charge in [-0.05, 0) is 24.8 Å². The molecule has 1 N–H and O–H groups in total. The fraction of sp³-hybridized carbons (Fsp3) is 0.667. The lowest BCUT2D eigenvalue weighted by atomic mass is 10.2. The summed E-state index contributed by atoms with van der Waals surface area (Å²) in [6.45, 7) is 5.17. The van der Waals surface area contributed by atoms with Gasteiger partial charge in [-0.1, -0.05) is 13.8 Å². The molecule has 0 saturated carbocycles. The number of furan rings is 1. The van der Waals surface area contributed by atoms with Crippen LogP contribution in [0.15, 0.2) is 16.5 Å². The molecule has 0 aromatic carbocycles. The standard InChI is InChI=1S/C12H21NOS/c1-4-10(9-15-3)13-8-12-7-6-11(5-2)14-12/h6-7,10,13H,4-5,8-9H2,1-3H3. The molecule has 0 aliphatic rings. The zero-order chi connectivity index (χ0) is 11.1. The zero-order valence-corrected chi connectivity index (χ0v) is 10.7. The largest absolute Gasteiger partial charge is 0.465 e. The van der Waals surface area contributed by atoms with Crippen molar-refractivity contribution in [3.8, 4) is 0 Å². The van der Waals surface area contributed by atoms with Crippen molar-refractivity contribution >= 4 is 11.8 Å². The van der Waals surface area contributed by atoms with Crippen molar-refractivity contribution < 1.29 is 4.42 Å². The van der Waals surface area contributed by atoms with E-state index in [0.717, 1.165) is 30.2 Å². The Bertz CT molecular complexity index is 272. The maximum atomic E-state index is 5.64. The molecule has 0 aliphatic carbocycles. The molecule has 1 aromatic heterocycles. The predicted octanol–water partition coefficient (Wildman–Crippen LogP) is 3.07. The Morgan fingerprint density at radius 3 is 2.60 bits per heavy atom. The lowest BCUT2D eigenvalue weighted by molar-refractivity contribution is 0.430.